The summed E-state index contributed by atoms with van der Waals surface area (Å²) in [5.74, 6) is 0.0367. The van der Waals surface area contributed by atoms with Crippen LogP contribution in [0.25, 0.3) is 0 Å². The summed E-state index contributed by atoms with van der Waals surface area (Å²) >= 11 is 0. The van der Waals surface area contributed by atoms with Crippen molar-refractivity contribution < 1.29 is 14.2 Å². The maximum absolute atomic E-state index is 13.6. The predicted molar refractivity (Wildman–Crippen MR) is 69.4 cm³/mol. The average Bonchev–Trinajstić information content (AvgIpc) is 2.87. The van der Waals surface area contributed by atoms with Gasteiger partial charge in [0.05, 0.1) is 19.0 Å². The first-order valence-electron chi connectivity index (χ1n) is 6.23. The van der Waals surface area contributed by atoms with Crippen LogP contribution < -0.4 is 4.74 Å². The van der Waals surface area contributed by atoms with Crippen molar-refractivity contribution in [3.05, 3.63) is 48.3 Å². The second kappa shape index (κ2) is 6.33. The highest BCUT2D eigenvalue weighted by Gasteiger charge is 2.08. The van der Waals surface area contributed by atoms with Crippen LogP contribution in [0.2, 0.25) is 0 Å². The second-order valence-electron chi connectivity index (χ2n) is 4.36. The molecular formula is C14H17FN2O2. The Hall–Kier alpha value is -1.88. The molecule has 0 saturated carbocycles. The lowest BCUT2D eigenvalue weighted by molar-refractivity contribution is 0.194. The van der Waals surface area contributed by atoms with Crippen LogP contribution in [0, 0.1) is 5.82 Å². The van der Waals surface area contributed by atoms with Crippen molar-refractivity contribution in [1.82, 2.24) is 9.55 Å². The molecule has 0 saturated heterocycles. The van der Waals surface area contributed by atoms with Gasteiger partial charge in [0.15, 0.2) is 0 Å². The monoisotopic (exact) mass is 264 g/mol. The number of nitrogens with zero attached hydrogens (tertiary/aromatic N) is 2. The molecule has 1 aromatic heterocycles. The summed E-state index contributed by atoms with van der Waals surface area (Å²) in [5, 5.41) is 9.33. The lowest BCUT2D eigenvalue weighted by Gasteiger charge is -2.10. The van der Waals surface area contributed by atoms with Gasteiger partial charge >= 0.3 is 0 Å². The van der Waals surface area contributed by atoms with Crippen LogP contribution in [-0.2, 0) is 6.54 Å². The molecule has 5 heteroatoms. The van der Waals surface area contributed by atoms with Crippen molar-refractivity contribution >= 4 is 0 Å². The van der Waals surface area contributed by atoms with E-state index in [1.165, 1.54) is 13.0 Å². The normalized spacial score (nSPS) is 12.4. The van der Waals surface area contributed by atoms with Gasteiger partial charge < -0.3 is 14.4 Å². The fraction of sp³-hybridized carbons (Fsp3) is 0.357. The van der Waals surface area contributed by atoms with E-state index in [0.29, 0.717) is 12.4 Å². The van der Waals surface area contributed by atoms with E-state index in [1.807, 2.05) is 10.8 Å². The summed E-state index contributed by atoms with van der Waals surface area (Å²) < 4.78 is 21.0. The molecule has 2 aromatic rings. The molecule has 0 bridgehead atoms. The fourth-order valence-electron chi connectivity index (χ4n) is 1.79. The summed E-state index contributed by atoms with van der Waals surface area (Å²) in [4.78, 5) is 3.95. The van der Waals surface area contributed by atoms with Gasteiger partial charge in [0.25, 0.3) is 0 Å². The molecule has 1 atom stereocenters. The molecule has 0 radical (unpaired) electrons. The van der Waals surface area contributed by atoms with Crippen LogP contribution in [0.3, 0.4) is 0 Å². The first kappa shape index (κ1) is 13.5. The van der Waals surface area contributed by atoms with Gasteiger partial charge in [-0.05, 0) is 25.5 Å². The molecule has 0 aliphatic rings. The topological polar surface area (TPSA) is 47.3 Å². The predicted octanol–water partition coefficient (Wildman–Crippen LogP) is 2.54. The summed E-state index contributed by atoms with van der Waals surface area (Å²) in [6, 6.07) is 4.52. The number of ether oxygens (including phenoxy) is 1. The van der Waals surface area contributed by atoms with Crippen LogP contribution in [0.15, 0.2) is 36.9 Å². The van der Waals surface area contributed by atoms with Gasteiger partial charge in [0.2, 0.25) is 0 Å². The third-order valence-corrected chi connectivity index (χ3v) is 2.81. The highest BCUT2D eigenvalue weighted by Crippen LogP contribution is 2.21. The molecule has 0 fully saturated rings. The number of aromatic nitrogens is 2. The zero-order chi connectivity index (χ0) is 13.7. The van der Waals surface area contributed by atoms with Crippen LogP contribution in [0.5, 0.6) is 5.75 Å². The number of aryl methyl sites for hydroxylation is 1. The average molecular weight is 264 g/mol. The van der Waals surface area contributed by atoms with Crippen LogP contribution in [-0.4, -0.2) is 21.3 Å². The standard InChI is InChI=1S/C14H17FN2O2/c1-11(18)13-4-3-12(9-14(13)15)19-8-2-6-17-7-5-16-10-17/h3-5,7,9-11,18H,2,6,8H2,1H3/t11-/m0/s1. The largest absolute Gasteiger partial charge is 0.493 e. The Labute approximate surface area is 111 Å². The number of benzene rings is 1. The zero-order valence-electron chi connectivity index (χ0n) is 10.8. The highest BCUT2D eigenvalue weighted by molar-refractivity contribution is 5.29. The smallest absolute Gasteiger partial charge is 0.132 e. The summed E-state index contributed by atoms with van der Waals surface area (Å²) in [7, 11) is 0. The second-order valence-corrected chi connectivity index (χ2v) is 4.36. The number of hydrogen-bond donors (Lipinski definition) is 1. The lowest BCUT2D eigenvalue weighted by atomic mass is 10.1. The van der Waals surface area contributed by atoms with Crippen LogP contribution in [0.1, 0.15) is 25.0 Å². The molecule has 2 rings (SSSR count). The van der Waals surface area contributed by atoms with E-state index in [2.05, 4.69) is 4.98 Å². The molecule has 1 N–H and O–H groups in total. The summed E-state index contributed by atoms with van der Waals surface area (Å²) in [6.45, 7) is 2.85. The third-order valence-electron chi connectivity index (χ3n) is 2.81. The van der Waals surface area contributed by atoms with E-state index in [0.717, 1.165) is 13.0 Å². The van der Waals surface area contributed by atoms with E-state index in [9.17, 15) is 9.50 Å². The van der Waals surface area contributed by atoms with Crippen LogP contribution >= 0.6 is 0 Å². The third kappa shape index (κ3) is 3.79. The molecule has 0 unspecified atom stereocenters. The first-order valence-corrected chi connectivity index (χ1v) is 6.23. The number of rotatable bonds is 6. The van der Waals surface area contributed by atoms with E-state index in [-0.39, 0.29) is 5.56 Å². The Balaban J connectivity index is 1.81. The first-order chi connectivity index (χ1) is 9.16. The minimum absolute atomic E-state index is 0.283. The molecule has 19 heavy (non-hydrogen) atoms. The molecule has 0 aliphatic heterocycles. The molecule has 0 amide bonds. The quantitative estimate of drug-likeness (QED) is 0.816. The molecule has 4 nitrogen and oxygen atoms in total. The van der Waals surface area contributed by atoms with Gasteiger partial charge in [-0.3, -0.25) is 0 Å². The Kier molecular flexibility index (Phi) is 4.52. The van der Waals surface area contributed by atoms with E-state index >= 15 is 0 Å². The molecule has 0 spiro atoms. The maximum atomic E-state index is 13.6. The molecule has 0 aliphatic carbocycles. The Morgan fingerprint density at radius 1 is 1.47 bits per heavy atom. The minimum Gasteiger partial charge on any atom is -0.493 e. The number of aliphatic hydroxyl groups excluding tert-OH is 1. The Morgan fingerprint density at radius 3 is 2.95 bits per heavy atom. The van der Waals surface area contributed by atoms with Gasteiger partial charge in [-0.15, -0.1) is 0 Å². The minimum atomic E-state index is -0.810. The van der Waals surface area contributed by atoms with E-state index in [1.54, 1.807) is 24.7 Å². The molecule has 1 aromatic carbocycles. The fourth-order valence-corrected chi connectivity index (χ4v) is 1.79. The number of aliphatic hydroxyl groups is 1. The number of hydrogen-bond acceptors (Lipinski definition) is 3. The van der Waals surface area contributed by atoms with Gasteiger partial charge in [-0.25, -0.2) is 9.37 Å². The lowest BCUT2D eigenvalue weighted by Crippen LogP contribution is -2.04. The SMILES string of the molecule is C[C@H](O)c1ccc(OCCCn2ccnc2)cc1F. The Morgan fingerprint density at radius 2 is 2.32 bits per heavy atom. The number of halogens is 1. The van der Waals surface area contributed by atoms with Crippen molar-refractivity contribution in [2.75, 3.05) is 6.61 Å². The molecule has 1 heterocycles. The van der Waals surface area contributed by atoms with Crippen molar-refractivity contribution in [3.63, 3.8) is 0 Å². The molecule has 102 valence electrons. The Bertz CT molecular complexity index is 512. The highest BCUT2D eigenvalue weighted by atomic mass is 19.1. The van der Waals surface area contributed by atoms with Gasteiger partial charge in [0.1, 0.15) is 11.6 Å². The van der Waals surface area contributed by atoms with Gasteiger partial charge in [0, 0.05) is 30.6 Å². The van der Waals surface area contributed by atoms with Gasteiger partial charge in [-0.1, -0.05) is 0 Å². The number of imidazole rings is 1. The van der Waals surface area contributed by atoms with Crippen molar-refractivity contribution in [3.8, 4) is 5.75 Å². The van der Waals surface area contributed by atoms with Crippen LogP contribution in [0.4, 0.5) is 4.39 Å². The summed E-state index contributed by atoms with van der Waals surface area (Å²) in [5.41, 5.74) is 0.283. The zero-order valence-corrected chi connectivity index (χ0v) is 10.8. The van der Waals surface area contributed by atoms with E-state index < -0.39 is 11.9 Å². The van der Waals surface area contributed by atoms with E-state index in [4.69, 9.17) is 4.74 Å². The van der Waals surface area contributed by atoms with Crippen molar-refractivity contribution in [2.24, 2.45) is 0 Å². The van der Waals surface area contributed by atoms with Gasteiger partial charge in [-0.2, -0.15) is 0 Å². The van der Waals surface area contributed by atoms with Crippen molar-refractivity contribution in [2.45, 2.75) is 26.0 Å². The summed E-state index contributed by atoms with van der Waals surface area (Å²) in [6.07, 6.45) is 5.37. The van der Waals surface area contributed by atoms with Crippen molar-refractivity contribution in [1.29, 1.82) is 0 Å². The molecular weight excluding hydrogens is 247 g/mol. The maximum Gasteiger partial charge on any atom is 0.132 e.